The molecule has 0 aliphatic carbocycles. The number of aliphatic hydroxyl groups is 1. The van der Waals surface area contributed by atoms with E-state index in [1.54, 1.807) is 18.7 Å². The number of nitrogens with zero attached hydrogens (tertiary/aromatic N) is 1. The number of hydrogen-bond donors (Lipinski definition) is 1. The summed E-state index contributed by atoms with van der Waals surface area (Å²) in [6.07, 6.45) is 0.602. The second-order valence-corrected chi connectivity index (χ2v) is 8.00. The van der Waals surface area contributed by atoms with E-state index >= 15 is 0 Å². The van der Waals surface area contributed by atoms with Gasteiger partial charge in [0.25, 0.3) is 0 Å². The molecule has 0 spiro atoms. The lowest BCUT2D eigenvalue weighted by molar-refractivity contribution is -0.101. The molecular formula is C22H26BNO3. The average molecular weight is 363 g/mol. The van der Waals surface area contributed by atoms with Crippen molar-refractivity contribution >= 4 is 19.4 Å². The van der Waals surface area contributed by atoms with E-state index < -0.39 is 11.2 Å². The van der Waals surface area contributed by atoms with Gasteiger partial charge in [0.05, 0.1) is 11.6 Å². The molecule has 2 atom stereocenters. The van der Waals surface area contributed by atoms with E-state index in [1.165, 1.54) is 0 Å². The van der Waals surface area contributed by atoms with E-state index in [1.807, 2.05) is 61.5 Å². The number of amides is 1. The van der Waals surface area contributed by atoms with E-state index in [0.717, 1.165) is 11.1 Å². The van der Waals surface area contributed by atoms with Gasteiger partial charge in [0.15, 0.2) is 0 Å². The summed E-state index contributed by atoms with van der Waals surface area (Å²) in [5.41, 5.74) is 0.839. The van der Waals surface area contributed by atoms with Crippen LogP contribution in [-0.2, 0) is 10.3 Å². The van der Waals surface area contributed by atoms with Gasteiger partial charge in [0.2, 0.25) is 0 Å². The smallest absolute Gasteiger partial charge is 0.411 e. The second kappa shape index (κ2) is 7.39. The first-order valence-corrected chi connectivity index (χ1v) is 9.33. The highest BCUT2D eigenvalue weighted by Gasteiger charge is 2.46. The molecule has 1 aliphatic rings. The van der Waals surface area contributed by atoms with Gasteiger partial charge in [0, 0.05) is 19.4 Å². The highest BCUT2D eigenvalue weighted by molar-refractivity contribution is 6.32. The second-order valence-electron chi connectivity index (χ2n) is 8.00. The maximum Gasteiger partial charge on any atom is 0.411 e. The molecule has 1 N–H and O–H groups in total. The SMILES string of the molecule is [B]c1ccc([C@H](C)N2CC[C@](CC(C)(C)O)(c3ccccc3)OC2=O)cc1. The van der Waals surface area contributed by atoms with Gasteiger partial charge in [-0.1, -0.05) is 60.1 Å². The highest BCUT2D eigenvalue weighted by Crippen LogP contribution is 2.42. The van der Waals surface area contributed by atoms with Gasteiger partial charge in [-0.15, -0.1) is 0 Å². The molecule has 2 radical (unpaired) electrons. The van der Waals surface area contributed by atoms with Crippen LogP contribution in [0.25, 0.3) is 0 Å². The maximum atomic E-state index is 12.9. The van der Waals surface area contributed by atoms with Gasteiger partial charge in [-0.3, -0.25) is 0 Å². The molecule has 0 saturated carbocycles. The number of rotatable bonds is 5. The van der Waals surface area contributed by atoms with Crippen LogP contribution in [0.15, 0.2) is 54.6 Å². The molecule has 140 valence electrons. The zero-order valence-corrected chi connectivity index (χ0v) is 16.2. The van der Waals surface area contributed by atoms with Crippen molar-refractivity contribution in [1.29, 1.82) is 0 Å². The third-order valence-corrected chi connectivity index (χ3v) is 5.18. The van der Waals surface area contributed by atoms with Gasteiger partial charge in [-0.2, -0.15) is 0 Å². The van der Waals surface area contributed by atoms with Crippen LogP contribution in [0.5, 0.6) is 0 Å². The Hall–Kier alpha value is -2.27. The third-order valence-electron chi connectivity index (χ3n) is 5.18. The van der Waals surface area contributed by atoms with Crippen molar-refractivity contribution in [2.75, 3.05) is 6.54 Å². The van der Waals surface area contributed by atoms with Crippen LogP contribution in [0.3, 0.4) is 0 Å². The predicted molar refractivity (Wildman–Crippen MR) is 107 cm³/mol. The summed E-state index contributed by atoms with van der Waals surface area (Å²) in [7, 11) is 5.76. The number of ether oxygens (including phenoxy) is 1. The summed E-state index contributed by atoms with van der Waals surface area (Å²) >= 11 is 0. The fourth-order valence-corrected chi connectivity index (χ4v) is 3.85. The van der Waals surface area contributed by atoms with Gasteiger partial charge in [0.1, 0.15) is 13.4 Å². The van der Waals surface area contributed by atoms with Crippen molar-refractivity contribution in [2.45, 2.75) is 50.9 Å². The lowest BCUT2D eigenvalue weighted by Crippen LogP contribution is -2.51. The van der Waals surface area contributed by atoms with Crippen molar-refractivity contribution < 1.29 is 14.6 Å². The predicted octanol–water partition coefficient (Wildman–Crippen LogP) is 3.44. The number of benzene rings is 2. The molecule has 4 nitrogen and oxygen atoms in total. The van der Waals surface area contributed by atoms with Crippen molar-refractivity contribution in [3.63, 3.8) is 0 Å². The van der Waals surface area contributed by atoms with Crippen molar-refractivity contribution in [2.24, 2.45) is 0 Å². The molecule has 1 saturated heterocycles. The molecular weight excluding hydrogens is 337 g/mol. The number of cyclic esters (lactones) is 1. The summed E-state index contributed by atoms with van der Waals surface area (Å²) in [5.74, 6) is 0. The van der Waals surface area contributed by atoms with Crippen molar-refractivity contribution in [3.05, 3.63) is 65.7 Å². The highest BCUT2D eigenvalue weighted by atomic mass is 16.6. The minimum Gasteiger partial charge on any atom is -0.438 e. The molecule has 1 amide bonds. The molecule has 3 rings (SSSR count). The average Bonchev–Trinajstić information content (AvgIpc) is 2.61. The van der Waals surface area contributed by atoms with Crippen LogP contribution in [0.1, 0.15) is 50.8 Å². The number of hydrogen-bond acceptors (Lipinski definition) is 3. The van der Waals surface area contributed by atoms with E-state index in [2.05, 4.69) is 0 Å². The lowest BCUT2D eigenvalue weighted by Gasteiger charge is -2.45. The molecule has 2 aromatic carbocycles. The van der Waals surface area contributed by atoms with Gasteiger partial charge < -0.3 is 14.7 Å². The first-order chi connectivity index (χ1) is 12.7. The Morgan fingerprint density at radius 2 is 1.81 bits per heavy atom. The van der Waals surface area contributed by atoms with E-state index in [0.29, 0.717) is 24.8 Å². The standard InChI is InChI=1S/C22H26BNO3/c1-16(17-9-11-19(23)12-10-17)24-14-13-22(27-20(24)25,15-21(2,3)26)18-7-5-4-6-8-18/h4-12,16,26H,13-15H2,1-3H3/t16-,22-/m0/s1. The van der Waals surface area contributed by atoms with Crippen LogP contribution in [0.4, 0.5) is 4.79 Å². The maximum absolute atomic E-state index is 12.9. The molecule has 0 aromatic heterocycles. The molecule has 1 aliphatic heterocycles. The third kappa shape index (κ3) is 4.36. The first kappa shape index (κ1) is 19.5. The van der Waals surface area contributed by atoms with Crippen molar-refractivity contribution in [1.82, 2.24) is 4.90 Å². The number of carbonyl (C=O) groups is 1. The van der Waals surface area contributed by atoms with Gasteiger partial charge in [-0.25, -0.2) is 4.79 Å². The summed E-state index contributed by atoms with van der Waals surface area (Å²) in [6, 6.07) is 17.1. The Balaban J connectivity index is 1.85. The van der Waals surface area contributed by atoms with Gasteiger partial charge >= 0.3 is 6.09 Å². The molecule has 27 heavy (non-hydrogen) atoms. The van der Waals surface area contributed by atoms with Crippen LogP contribution in [-0.4, -0.2) is 36.1 Å². The number of carbonyl (C=O) groups excluding carboxylic acids is 1. The molecule has 0 bridgehead atoms. The van der Waals surface area contributed by atoms with E-state index in [9.17, 15) is 9.90 Å². The van der Waals surface area contributed by atoms with Crippen molar-refractivity contribution in [3.8, 4) is 0 Å². The van der Waals surface area contributed by atoms with Crippen LogP contribution in [0.2, 0.25) is 0 Å². The first-order valence-electron chi connectivity index (χ1n) is 9.33. The molecule has 2 aromatic rings. The normalized spacial score (nSPS) is 21.6. The quantitative estimate of drug-likeness (QED) is 0.828. The summed E-state index contributed by atoms with van der Waals surface area (Å²) in [4.78, 5) is 14.7. The Kier molecular flexibility index (Phi) is 5.34. The van der Waals surface area contributed by atoms with Gasteiger partial charge in [-0.05, 0) is 31.9 Å². The molecule has 1 heterocycles. The largest absolute Gasteiger partial charge is 0.438 e. The zero-order chi connectivity index (χ0) is 19.7. The summed E-state index contributed by atoms with van der Waals surface area (Å²) in [6.45, 7) is 6.03. The Morgan fingerprint density at radius 3 is 2.37 bits per heavy atom. The summed E-state index contributed by atoms with van der Waals surface area (Å²) < 4.78 is 6.02. The molecule has 0 unspecified atom stereocenters. The fourth-order valence-electron chi connectivity index (χ4n) is 3.85. The Labute approximate surface area is 162 Å². The summed E-state index contributed by atoms with van der Waals surface area (Å²) in [5, 5.41) is 10.4. The van der Waals surface area contributed by atoms with E-state index in [4.69, 9.17) is 12.6 Å². The monoisotopic (exact) mass is 363 g/mol. The molecule has 5 heteroatoms. The Morgan fingerprint density at radius 1 is 1.19 bits per heavy atom. The van der Waals surface area contributed by atoms with Crippen LogP contribution < -0.4 is 5.46 Å². The fraction of sp³-hybridized carbons (Fsp3) is 0.409. The minimum absolute atomic E-state index is 0.117. The lowest BCUT2D eigenvalue weighted by atomic mass is 9.80. The molecule has 1 fully saturated rings. The zero-order valence-electron chi connectivity index (χ0n) is 16.2. The van der Waals surface area contributed by atoms with Crippen LogP contribution in [0, 0.1) is 0 Å². The Bertz CT molecular complexity index is 785. The van der Waals surface area contributed by atoms with E-state index in [-0.39, 0.29) is 12.1 Å². The topological polar surface area (TPSA) is 49.8 Å². The minimum atomic E-state index is -0.957. The van der Waals surface area contributed by atoms with Crippen LogP contribution >= 0.6 is 0 Å².